The Labute approximate surface area is 129 Å². The van der Waals surface area contributed by atoms with Gasteiger partial charge in [-0.1, -0.05) is 30.3 Å². The molecule has 0 aliphatic heterocycles. The van der Waals surface area contributed by atoms with Crippen molar-refractivity contribution in [3.8, 4) is 0 Å². The van der Waals surface area contributed by atoms with Crippen LogP contribution in [0.5, 0.6) is 0 Å². The SMILES string of the molecule is CN(c1ccccc1)S(=O)(=O)c1ccc(CCC(=O)[O-])cc1. The third kappa shape index (κ3) is 3.65. The van der Waals surface area contributed by atoms with Gasteiger partial charge in [-0.15, -0.1) is 0 Å². The predicted molar refractivity (Wildman–Crippen MR) is 81.8 cm³/mol. The summed E-state index contributed by atoms with van der Waals surface area (Å²) in [6.07, 6.45) is 0.229. The minimum Gasteiger partial charge on any atom is -0.550 e. The highest BCUT2D eigenvalue weighted by atomic mass is 32.2. The number of carboxylic acids is 1. The minimum atomic E-state index is -3.64. The molecule has 0 N–H and O–H groups in total. The number of hydrogen-bond acceptors (Lipinski definition) is 4. The molecule has 0 saturated heterocycles. The van der Waals surface area contributed by atoms with E-state index in [4.69, 9.17) is 0 Å². The van der Waals surface area contributed by atoms with Crippen LogP contribution in [0.4, 0.5) is 5.69 Å². The number of hydrogen-bond donors (Lipinski definition) is 0. The third-order valence-corrected chi connectivity index (χ3v) is 5.12. The summed E-state index contributed by atoms with van der Waals surface area (Å²) in [5.41, 5.74) is 1.33. The molecule has 0 aliphatic rings. The van der Waals surface area contributed by atoms with E-state index in [0.29, 0.717) is 12.1 Å². The van der Waals surface area contributed by atoms with Crippen LogP contribution in [0, 0.1) is 0 Å². The molecule has 2 aromatic carbocycles. The molecule has 116 valence electrons. The molecule has 5 nitrogen and oxygen atoms in total. The van der Waals surface area contributed by atoms with E-state index in [9.17, 15) is 18.3 Å². The Bertz CT molecular complexity index is 739. The molecular formula is C16H16NO4S-. The van der Waals surface area contributed by atoms with Crippen LogP contribution in [-0.4, -0.2) is 21.4 Å². The summed E-state index contributed by atoms with van der Waals surface area (Å²) in [4.78, 5) is 10.6. The highest BCUT2D eigenvalue weighted by Gasteiger charge is 2.20. The summed E-state index contributed by atoms with van der Waals surface area (Å²) < 4.78 is 26.3. The summed E-state index contributed by atoms with van der Waals surface area (Å²) in [6, 6.07) is 15.0. The molecule has 0 unspecified atom stereocenters. The lowest BCUT2D eigenvalue weighted by atomic mass is 10.1. The van der Waals surface area contributed by atoms with E-state index in [-0.39, 0.29) is 11.3 Å². The first-order chi connectivity index (χ1) is 10.4. The van der Waals surface area contributed by atoms with Gasteiger partial charge in [0.2, 0.25) is 0 Å². The molecule has 0 atom stereocenters. The van der Waals surface area contributed by atoms with E-state index in [1.807, 2.05) is 6.07 Å². The van der Waals surface area contributed by atoms with Crippen molar-refractivity contribution in [1.82, 2.24) is 0 Å². The van der Waals surface area contributed by atoms with Crippen LogP contribution in [0.25, 0.3) is 0 Å². The molecule has 0 bridgehead atoms. The largest absolute Gasteiger partial charge is 0.550 e. The fourth-order valence-electron chi connectivity index (χ4n) is 2.01. The van der Waals surface area contributed by atoms with Crippen molar-refractivity contribution in [3.63, 3.8) is 0 Å². The highest BCUT2D eigenvalue weighted by Crippen LogP contribution is 2.22. The number of benzene rings is 2. The molecule has 22 heavy (non-hydrogen) atoms. The van der Waals surface area contributed by atoms with Gasteiger partial charge in [-0.05, 0) is 42.7 Å². The van der Waals surface area contributed by atoms with Crippen molar-refractivity contribution in [2.24, 2.45) is 0 Å². The first-order valence-electron chi connectivity index (χ1n) is 6.74. The van der Waals surface area contributed by atoms with Crippen LogP contribution in [0.2, 0.25) is 0 Å². The molecule has 0 aromatic heterocycles. The van der Waals surface area contributed by atoms with Gasteiger partial charge in [0.15, 0.2) is 0 Å². The Morgan fingerprint density at radius 2 is 1.64 bits per heavy atom. The zero-order valence-electron chi connectivity index (χ0n) is 12.1. The normalized spacial score (nSPS) is 11.1. The maximum absolute atomic E-state index is 12.5. The van der Waals surface area contributed by atoms with E-state index >= 15 is 0 Å². The Hall–Kier alpha value is -2.34. The lowest BCUT2D eigenvalue weighted by Crippen LogP contribution is -2.26. The number of para-hydroxylation sites is 1. The smallest absolute Gasteiger partial charge is 0.264 e. The second-order valence-electron chi connectivity index (χ2n) is 4.82. The number of sulfonamides is 1. The minimum absolute atomic E-state index is 0.0873. The van der Waals surface area contributed by atoms with Gasteiger partial charge in [0.25, 0.3) is 10.0 Å². The summed E-state index contributed by atoms with van der Waals surface area (Å²) in [5.74, 6) is -1.12. The average Bonchev–Trinajstić information content (AvgIpc) is 2.53. The van der Waals surface area contributed by atoms with Crippen LogP contribution in [0.1, 0.15) is 12.0 Å². The molecule has 2 rings (SSSR count). The monoisotopic (exact) mass is 318 g/mol. The Morgan fingerprint density at radius 3 is 2.18 bits per heavy atom. The number of aliphatic carboxylic acids is 1. The van der Waals surface area contributed by atoms with Crippen molar-refractivity contribution in [3.05, 3.63) is 60.2 Å². The second-order valence-corrected chi connectivity index (χ2v) is 6.79. The van der Waals surface area contributed by atoms with E-state index < -0.39 is 16.0 Å². The van der Waals surface area contributed by atoms with Gasteiger partial charge in [-0.25, -0.2) is 8.42 Å². The fraction of sp³-hybridized carbons (Fsp3) is 0.188. The van der Waals surface area contributed by atoms with Crippen LogP contribution in [-0.2, 0) is 21.2 Å². The van der Waals surface area contributed by atoms with Gasteiger partial charge >= 0.3 is 0 Å². The molecule has 0 aliphatic carbocycles. The van der Waals surface area contributed by atoms with Crippen LogP contribution in [0.15, 0.2) is 59.5 Å². The molecule has 2 aromatic rings. The fourth-order valence-corrected chi connectivity index (χ4v) is 3.20. The average molecular weight is 318 g/mol. The van der Waals surface area contributed by atoms with Gasteiger partial charge in [0.05, 0.1) is 10.6 Å². The third-order valence-electron chi connectivity index (χ3n) is 3.32. The number of carbonyl (C=O) groups is 1. The Kier molecular flexibility index (Phi) is 4.82. The number of carboxylic acid groups (broad SMARTS) is 1. The van der Waals surface area contributed by atoms with Crippen molar-refractivity contribution < 1.29 is 18.3 Å². The Balaban J connectivity index is 2.21. The zero-order valence-corrected chi connectivity index (χ0v) is 12.9. The number of rotatable bonds is 6. The van der Waals surface area contributed by atoms with E-state index in [1.54, 1.807) is 36.4 Å². The maximum Gasteiger partial charge on any atom is 0.264 e. The first kappa shape index (κ1) is 16.0. The first-order valence-corrected chi connectivity index (χ1v) is 8.18. The second kappa shape index (κ2) is 6.62. The summed E-state index contributed by atoms with van der Waals surface area (Å²) in [5, 5.41) is 10.4. The van der Waals surface area contributed by atoms with Crippen molar-refractivity contribution in [2.75, 3.05) is 11.4 Å². The number of carbonyl (C=O) groups excluding carboxylic acids is 1. The quantitative estimate of drug-likeness (QED) is 0.801. The maximum atomic E-state index is 12.5. The zero-order chi connectivity index (χ0) is 16.2. The predicted octanol–water partition coefficient (Wildman–Crippen LogP) is 1.19. The van der Waals surface area contributed by atoms with Crippen LogP contribution < -0.4 is 9.41 Å². The molecule has 6 heteroatoms. The molecule has 0 saturated carbocycles. The van der Waals surface area contributed by atoms with E-state index in [0.717, 1.165) is 5.56 Å². The lowest BCUT2D eigenvalue weighted by Gasteiger charge is -2.19. The van der Waals surface area contributed by atoms with Crippen LogP contribution in [0.3, 0.4) is 0 Å². The van der Waals surface area contributed by atoms with Crippen molar-refractivity contribution in [2.45, 2.75) is 17.7 Å². The van der Waals surface area contributed by atoms with Gasteiger partial charge in [-0.2, -0.15) is 0 Å². The summed E-state index contributed by atoms with van der Waals surface area (Å²) in [7, 11) is -2.14. The summed E-state index contributed by atoms with van der Waals surface area (Å²) >= 11 is 0. The topological polar surface area (TPSA) is 77.5 Å². The molecule has 0 fully saturated rings. The van der Waals surface area contributed by atoms with Crippen molar-refractivity contribution >= 4 is 21.7 Å². The molecule has 0 heterocycles. The molecule has 0 radical (unpaired) electrons. The van der Waals surface area contributed by atoms with Gasteiger partial charge < -0.3 is 9.90 Å². The summed E-state index contributed by atoms with van der Waals surface area (Å²) in [6.45, 7) is 0. The Morgan fingerprint density at radius 1 is 1.05 bits per heavy atom. The molecule has 0 amide bonds. The van der Waals surface area contributed by atoms with Crippen LogP contribution >= 0.6 is 0 Å². The highest BCUT2D eigenvalue weighted by molar-refractivity contribution is 7.92. The number of aryl methyl sites for hydroxylation is 1. The lowest BCUT2D eigenvalue weighted by molar-refractivity contribution is -0.305. The van der Waals surface area contributed by atoms with Gasteiger partial charge in [-0.3, -0.25) is 4.31 Å². The number of anilines is 1. The molecule has 0 spiro atoms. The van der Waals surface area contributed by atoms with Crippen molar-refractivity contribution in [1.29, 1.82) is 0 Å². The van der Waals surface area contributed by atoms with Gasteiger partial charge in [0, 0.05) is 13.0 Å². The molecular weight excluding hydrogens is 302 g/mol. The standard InChI is InChI=1S/C16H17NO4S/c1-17(14-5-3-2-4-6-14)22(20,21)15-10-7-13(8-11-15)9-12-16(18)19/h2-8,10-11H,9,12H2,1H3,(H,18,19)/p-1. The van der Waals surface area contributed by atoms with Gasteiger partial charge in [0.1, 0.15) is 0 Å². The van der Waals surface area contributed by atoms with E-state index in [2.05, 4.69) is 0 Å². The van der Waals surface area contributed by atoms with E-state index in [1.165, 1.54) is 23.5 Å². The number of nitrogens with zero attached hydrogens (tertiary/aromatic N) is 1.